The fourth-order valence-corrected chi connectivity index (χ4v) is 1.71. The van der Waals surface area contributed by atoms with Crippen LogP contribution in [0.2, 0.25) is 0 Å². The van der Waals surface area contributed by atoms with Gasteiger partial charge in [-0.15, -0.1) is 0 Å². The molecule has 0 saturated carbocycles. The number of nitrogens with one attached hydrogen (secondary N) is 3. The predicted molar refractivity (Wildman–Crippen MR) is 77.8 cm³/mol. The minimum atomic E-state index is -4.97. The maximum absolute atomic E-state index is 12.7. The van der Waals surface area contributed by atoms with Gasteiger partial charge in [-0.2, -0.15) is 13.2 Å². The first-order valence-corrected chi connectivity index (χ1v) is 6.32. The molecule has 0 aliphatic heterocycles. The molecule has 0 unspecified atom stereocenters. The van der Waals surface area contributed by atoms with Crippen LogP contribution in [0.25, 0.3) is 0 Å². The van der Waals surface area contributed by atoms with E-state index in [0.717, 1.165) is 0 Å². The van der Waals surface area contributed by atoms with Crippen LogP contribution in [0, 0.1) is 20.2 Å². The van der Waals surface area contributed by atoms with Gasteiger partial charge in [0.05, 0.1) is 15.4 Å². The number of benzene rings is 1. The summed E-state index contributed by atoms with van der Waals surface area (Å²) in [6, 6.07) is 0.403. The van der Waals surface area contributed by atoms with Crippen molar-refractivity contribution in [2.24, 2.45) is 0 Å². The van der Waals surface area contributed by atoms with Gasteiger partial charge in [0.25, 0.3) is 0 Å². The van der Waals surface area contributed by atoms with E-state index in [4.69, 9.17) is 12.2 Å². The van der Waals surface area contributed by atoms with E-state index >= 15 is 0 Å². The largest absolute Gasteiger partial charge is 0.416 e. The first-order valence-electron chi connectivity index (χ1n) is 5.91. The second kappa shape index (κ2) is 7.04. The summed E-state index contributed by atoms with van der Waals surface area (Å²) in [6.45, 7) is 2.09. The maximum Gasteiger partial charge on any atom is 0.416 e. The summed E-state index contributed by atoms with van der Waals surface area (Å²) in [5, 5.41) is 24.4. The van der Waals surface area contributed by atoms with Crippen LogP contribution in [0.5, 0.6) is 0 Å². The summed E-state index contributed by atoms with van der Waals surface area (Å²) in [6.07, 6.45) is -4.97. The number of alkyl halides is 3. The average Bonchev–Trinajstić information content (AvgIpc) is 2.43. The van der Waals surface area contributed by atoms with E-state index in [-0.39, 0.29) is 17.2 Å². The molecular weight excluding hydrogens is 343 g/mol. The number of nitro benzene ring substituents is 2. The van der Waals surface area contributed by atoms with Gasteiger partial charge in [0.2, 0.25) is 5.69 Å². The third kappa shape index (κ3) is 4.64. The Balaban J connectivity index is 3.38. The van der Waals surface area contributed by atoms with Crippen LogP contribution in [0.1, 0.15) is 12.5 Å². The normalized spacial score (nSPS) is 10.8. The molecule has 0 heterocycles. The minimum Gasteiger partial charge on any atom is -0.362 e. The van der Waals surface area contributed by atoms with Gasteiger partial charge in [0.1, 0.15) is 0 Å². The van der Waals surface area contributed by atoms with Gasteiger partial charge in [0, 0.05) is 18.7 Å². The van der Waals surface area contributed by atoms with Crippen molar-refractivity contribution in [3.05, 3.63) is 37.9 Å². The van der Waals surface area contributed by atoms with E-state index in [9.17, 15) is 33.4 Å². The summed E-state index contributed by atoms with van der Waals surface area (Å²) in [5.41, 5.74) is -0.139. The van der Waals surface area contributed by atoms with Crippen LogP contribution in [-0.4, -0.2) is 21.5 Å². The van der Waals surface area contributed by atoms with E-state index in [1.54, 1.807) is 6.92 Å². The molecule has 3 N–H and O–H groups in total. The van der Waals surface area contributed by atoms with Crippen molar-refractivity contribution in [3.63, 3.8) is 0 Å². The molecule has 1 aromatic rings. The van der Waals surface area contributed by atoms with Crippen molar-refractivity contribution in [1.29, 1.82) is 0 Å². The molecule has 1 aromatic carbocycles. The average molecular weight is 353 g/mol. The Morgan fingerprint density at radius 3 is 2.04 bits per heavy atom. The molecule has 23 heavy (non-hydrogen) atoms. The molecule has 0 amide bonds. The second-order valence-corrected chi connectivity index (χ2v) is 4.42. The van der Waals surface area contributed by atoms with Crippen LogP contribution in [-0.2, 0) is 6.18 Å². The number of thiocarbonyl (C=S) groups is 1. The molecule has 0 aliphatic rings. The molecule has 0 aliphatic carbocycles. The molecule has 0 bridgehead atoms. The first kappa shape index (κ1) is 18.3. The lowest BCUT2D eigenvalue weighted by atomic mass is 10.1. The molecule has 0 radical (unpaired) electrons. The van der Waals surface area contributed by atoms with Gasteiger partial charge in [-0.05, 0) is 19.1 Å². The Morgan fingerprint density at radius 1 is 1.22 bits per heavy atom. The lowest BCUT2D eigenvalue weighted by Crippen LogP contribution is -2.38. The van der Waals surface area contributed by atoms with Gasteiger partial charge >= 0.3 is 17.6 Å². The van der Waals surface area contributed by atoms with Crippen molar-refractivity contribution in [1.82, 2.24) is 10.7 Å². The Kier molecular flexibility index (Phi) is 5.62. The molecule has 0 saturated heterocycles. The van der Waals surface area contributed by atoms with Crippen LogP contribution in [0.4, 0.5) is 30.2 Å². The highest BCUT2D eigenvalue weighted by Gasteiger charge is 2.37. The Morgan fingerprint density at radius 2 is 1.70 bits per heavy atom. The van der Waals surface area contributed by atoms with Gasteiger partial charge in [0.15, 0.2) is 5.11 Å². The standard InChI is InChI=1S/C10H10F3N5O4S/c1-2-14-9(23)16-15-8-6(17(19)20)3-5(10(11,12)13)4-7(8)18(21)22/h3-4,15H,2H2,1H3,(H2,14,16,23). The van der Waals surface area contributed by atoms with Crippen molar-refractivity contribution >= 4 is 34.4 Å². The number of hydrogen-bond donors (Lipinski definition) is 3. The fourth-order valence-electron chi connectivity index (χ4n) is 1.52. The lowest BCUT2D eigenvalue weighted by Gasteiger charge is -2.13. The van der Waals surface area contributed by atoms with Gasteiger partial charge in [-0.1, -0.05) is 0 Å². The molecule has 0 aromatic heterocycles. The van der Waals surface area contributed by atoms with E-state index in [0.29, 0.717) is 6.54 Å². The van der Waals surface area contributed by atoms with Crippen LogP contribution in [0.15, 0.2) is 12.1 Å². The quantitative estimate of drug-likeness (QED) is 0.419. The van der Waals surface area contributed by atoms with E-state index < -0.39 is 38.6 Å². The van der Waals surface area contributed by atoms with Crippen molar-refractivity contribution in [2.45, 2.75) is 13.1 Å². The monoisotopic (exact) mass is 353 g/mol. The van der Waals surface area contributed by atoms with Gasteiger partial charge in [-0.3, -0.25) is 31.1 Å². The SMILES string of the molecule is CCNC(=S)NNc1c([N+](=O)[O-])cc(C(F)(F)F)cc1[N+](=O)[O-]. The van der Waals surface area contributed by atoms with E-state index in [1.165, 1.54) is 0 Å². The second-order valence-electron chi connectivity index (χ2n) is 4.01. The number of anilines is 1. The minimum absolute atomic E-state index is 0.0454. The number of halogens is 3. The van der Waals surface area contributed by atoms with Crippen molar-refractivity contribution in [3.8, 4) is 0 Å². The highest BCUT2D eigenvalue weighted by atomic mass is 32.1. The van der Waals surface area contributed by atoms with Crippen molar-refractivity contribution < 1.29 is 23.0 Å². The smallest absolute Gasteiger partial charge is 0.362 e. The highest BCUT2D eigenvalue weighted by molar-refractivity contribution is 7.80. The van der Waals surface area contributed by atoms with Gasteiger partial charge in [-0.25, -0.2) is 0 Å². The number of nitrogens with zero attached hydrogens (tertiary/aromatic N) is 2. The number of hydrogen-bond acceptors (Lipinski definition) is 6. The molecule has 1 rings (SSSR count). The topological polar surface area (TPSA) is 122 Å². The highest BCUT2D eigenvalue weighted by Crippen LogP contribution is 2.40. The Bertz CT molecular complexity index is 617. The zero-order valence-electron chi connectivity index (χ0n) is 11.4. The predicted octanol–water partition coefficient (Wildman–Crippen LogP) is 2.33. The third-order valence-electron chi connectivity index (χ3n) is 2.46. The maximum atomic E-state index is 12.7. The number of rotatable bonds is 5. The number of hydrazine groups is 1. The summed E-state index contributed by atoms with van der Waals surface area (Å²) in [7, 11) is 0. The van der Waals surface area contributed by atoms with E-state index in [1.807, 2.05) is 0 Å². The van der Waals surface area contributed by atoms with Gasteiger partial charge < -0.3 is 5.32 Å². The first-order chi connectivity index (χ1) is 10.6. The molecule has 0 fully saturated rings. The molecule has 0 atom stereocenters. The van der Waals surface area contributed by atoms with Crippen LogP contribution >= 0.6 is 12.2 Å². The summed E-state index contributed by atoms with van der Waals surface area (Å²) in [5.74, 6) is 0. The summed E-state index contributed by atoms with van der Waals surface area (Å²) in [4.78, 5) is 19.6. The molecule has 126 valence electrons. The number of nitro groups is 2. The summed E-state index contributed by atoms with van der Waals surface area (Å²) >= 11 is 4.75. The molecule has 13 heteroatoms. The molecule has 0 spiro atoms. The zero-order valence-corrected chi connectivity index (χ0v) is 12.2. The van der Waals surface area contributed by atoms with Crippen LogP contribution < -0.4 is 16.2 Å². The Hall–Kier alpha value is -2.70. The van der Waals surface area contributed by atoms with E-state index in [2.05, 4.69) is 16.2 Å². The zero-order chi connectivity index (χ0) is 17.8. The Labute approximate surface area is 132 Å². The third-order valence-corrected chi connectivity index (χ3v) is 2.70. The fraction of sp³-hybridized carbons (Fsp3) is 0.300. The summed E-state index contributed by atoms with van der Waals surface area (Å²) < 4.78 is 38.1. The van der Waals surface area contributed by atoms with Crippen LogP contribution in [0.3, 0.4) is 0 Å². The molecule has 9 nitrogen and oxygen atoms in total. The van der Waals surface area contributed by atoms with Crippen molar-refractivity contribution in [2.75, 3.05) is 12.0 Å². The molecular formula is C10H10F3N5O4S. The lowest BCUT2D eigenvalue weighted by molar-refractivity contribution is -0.392.